The van der Waals surface area contributed by atoms with E-state index in [2.05, 4.69) is 31.0 Å². The summed E-state index contributed by atoms with van der Waals surface area (Å²) in [5.41, 5.74) is -0.00311. The average Bonchev–Trinajstić information content (AvgIpc) is 2.26. The van der Waals surface area contributed by atoms with Gasteiger partial charge in [-0.3, -0.25) is 4.90 Å². The summed E-state index contributed by atoms with van der Waals surface area (Å²) in [6.07, 6.45) is 0. The summed E-state index contributed by atoms with van der Waals surface area (Å²) in [5.74, 6) is 0.222. The Morgan fingerprint density at radius 1 is 1.22 bits per heavy atom. The molecule has 1 aliphatic rings. The van der Waals surface area contributed by atoms with E-state index in [1.807, 2.05) is 0 Å². The molecule has 1 rings (SSSR count). The van der Waals surface area contributed by atoms with Gasteiger partial charge < -0.3 is 5.32 Å². The first-order valence-electron chi connectivity index (χ1n) is 6.58. The lowest BCUT2D eigenvalue weighted by atomic mass is 9.97. The van der Waals surface area contributed by atoms with Crippen molar-refractivity contribution < 1.29 is 8.42 Å². The quantitative estimate of drug-likeness (QED) is 0.780. The minimum absolute atomic E-state index is 0.00311. The molecule has 108 valence electrons. The number of nitrogens with zero attached hydrogens (tertiary/aromatic N) is 2. The Labute approximate surface area is 112 Å². The normalized spacial score (nSPS) is 19.4. The van der Waals surface area contributed by atoms with Crippen molar-refractivity contribution in [3.8, 4) is 0 Å². The van der Waals surface area contributed by atoms with Crippen LogP contribution in [0.5, 0.6) is 0 Å². The van der Waals surface area contributed by atoms with Crippen molar-refractivity contribution >= 4 is 10.0 Å². The number of nitrogens with one attached hydrogen (secondary N) is 1. The molecule has 0 saturated carbocycles. The molecule has 0 radical (unpaired) electrons. The lowest BCUT2D eigenvalue weighted by molar-refractivity contribution is 0.251. The van der Waals surface area contributed by atoms with Crippen molar-refractivity contribution in [3.63, 3.8) is 0 Å². The maximum atomic E-state index is 12.1. The molecule has 0 amide bonds. The molecule has 0 aromatic heterocycles. The molecule has 1 heterocycles. The lowest BCUT2D eigenvalue weighted by Crippen LogP contribution is -2.46. The van der Waals surface area contributed by atoms with E-state index in [1.54, 1.807) is 7.05 Å². The van der Waals surface area contributed by atoms with Crippen LogP contribution in [0.4, 0.5) is 0 Å². The van der Waals surface area contributed by atoms with E-state index in [4.69, 9.17) is 0 Å². The molecule has 5 nitrogen and oxygen atoms in total. The third-order valence-electron chi connectivity index (χ3n) is 3.05. The molecule has 18 heavy (non-hydrogen) atoms. The third kappa shape index (κ3) is 5.65. The predicted octanol–water partition coefficient (Wildman–Crippen LogP) is 0.199. The molecular formula is C12H27N3O2S. The van der Waals surface area contributed by atoms with Gasteiger partial charge >= 0.3 is 0 Å². The zero-order valence-electron chi connectivity index (χ0n) is 12.1. The second-order valence-electron chi connectivity index (χ2n) is 6.22. The van der Waals surface area contributed by atoms with Crippen molar-refractivity contribution in [1.82, 2.24) is 14.5 Å². The van der Waals surface area contributed by atoms with E-state index >= 15 is 0 Å². The Morgan fingerprint density at radius 2 is 1.78 bits per heavy atom. The van der Waals surface area contributed by atoms with E-state index < -0.39 is 10.0 Å². The van der Waals surface area contributed by atoms with Gasteiger partial charge in [0.25, 0.3) is 0 Å². The van der Waals surface area contributed by atoms with Crippen LogP contribution in [0.25, 0.3) is 0 Å². The fourth-order valence-corrected chi connectivity index (χ4v) is 3.49. The minimum atomic E-state index is -3.12. The summed E-state index contributed by atoms with van der Waals surface area (Å²) in [4.78, 5) is 2.21. The Kier molecular flexibility index (Phi) is 5.58. The van der Waals surface area contributed by atoms with Gasteiger partial charge in [0, 0.05) is 46.3 Å². The summed E-state index contributed by atoms with van der Waals surface area (Å²) < 4.78 is 25.8. The van der Waals surface area contributed by atoms with E-state index in [-0.39, 0.29) is 11.2 Å². The number of hydrogen-bond donors (Lipinski definition) is 1. The van der Waals surface area contributed by atoms with Gasteiger partial charge in [-0.2, -0.15) is 0 Å². The Balaban J connectivity index is 2.43. The standard InChI is InChI=1S/C12H27N3O2S/c1-12(2,3)11-14(4)18(16,17)10-9-15-7-5-13-6-8-15/h13H,5-11H2,1-4H3. The van der Waals surface area contributed by atoms with Gasteiger partial charge in [0.1, 0.15) is 0 Å². The average molecular weight is 277 g/mol. The second-order valence-corrected chi connectivity index (χ2v) is 8.42. The first-order valence-corrected chi connectivity index (χ1v) is 8.19. The van der Waals surface area contributed by atoms with Gasteiger partial charge in [0.15, 0.2) is 0 Å². The van der Waals surface area contributed by atoms with Crippen molar-refractivity contribution in [2.75, 3.05) is 52.1 Å². The molecule has 0 aromatic rings. The zero-order valence-corrected chi connectivity index (χ0v) is 12.9. The first kappa shape index (κ1) is 15.9. The zero-order chi connectivity index (χ0) is 13.8. The molecule has 1 aliphatic heterocycles. The van der Waals surface area contributed by atoms with Crippen molar-refractivity contribution in [2.24, 2.45) is 5.41 Å². The van der Waals surface area contributed by atoms with E-state index in [0.29, 0.717) is 13.1 Å². The summed E-state index contributed by atoms with van der Waals surface area (Å²) >= 11 is 0. The van der Waals surface area contributed by atoms with Crippen LogP contribution in [0.2, 0.25) is 0 Å². The molecule has 1 fully saturated rings. The maximum absolute atomic E-state index is 12.1. The highest BCUT2D eigenvalue weighted by atomic mass is 32.2. The molecule has 0 aliphatic carbocycles. The van der Waals surface area contributed by atoms with Crippen LogP contribution >= 0.6 is 0 Å². The van der Waals surface area contributed by atoms with E-state index in [9.17, 15) is 8.42 Å². The summed E-state index contributed by atoms with van der Waals surface area (Å²) in [6, 6.07) is 0. The van der Waals surface area contributed by atoms with Crippen molar-refractivity contribution in [1.29, 1.82) is 0 Å². The number of hydrogen-bond acceptors (Lipinski definition) is 4. The molecule has 0 atom stereocenters. The van der Waals surface area contributed by atoms with Gasteiger partial charge in [0.2, 0.25) is 10.0 Å². The molecule has 0 unspecified atom stereocenters. The van der Waals surface area contributed by atoms with Gasteiger partial charge in [-0.1, -0.05) is 20.8 Å². The van der Waals surface area contributed by atoms with Gasteiger partial charge in [-0.25, -0.2) is 12.7 Å². The maximum Gasteiger partial charge on any atom is 0.215 e. The minimum Gasteiger partial charge on any atom is -0.314 e. The monoisotopic (exact) mass is 277 g/mol. The summed E-state index contributed by atoms with van der Waals surface area (Å²) in [6.45, 7) is 11.2. The molecule has 0 aromatic carbocycles. The molecule has 6 heteroatoms. The number of sulfonamides is 1. The van der Waals surface area contributed by atoms with Crippen LogP contribution in [-0.4, -0.2) is 69.7 Å². The molecule has 0 spiro atoms. The Bertz CT molecular complexity index is 343. The fourth-order valence-electron chi connectivity index (χ4n) is 2.10. The smallest absolute Gasteiger partial charge is 0.215 e. The topological polar surface area (TPSA) is 52.7 Å². The Hall–Kier alpha value is -0.170. The lowest BCUT2D eigenvalue weighted by Gasteiger charge is -2.29. The molecule has 1 saturated heterocycles. The number of piperazine rings is 1. The first-order chi connectivity index (χ1) is 8.21. The van der Waals surface area contributed by atoms with Crippen LogP contribution in [0.1, 0.15) is 20.8 Å². The summed E-state index contributed by atoms with van der Waals surface area (Å²) in [7, 11) is -1.44. The highest BCUT2D eigenvalue weighted by Gasteiger charge is 2.24. The highest BCUT2D eigenvalue weighted by molar-refractivity contribution is 7.89. The van der Waals surface area contributed by atoms with Crippen LogP contribution in [0, 0.1) is 5.41 Å². The predicted molar refractivity (Wildman–Crippen MR) is 75.2 cm³/mol. The number of rotatable bonds is 5. The largest absolute Gasteiger partial charge is 0.314 e. The van der Waals surface area contributed by atoms with Gasteiger partial charge in [-0.15, -0.1) is 0 Å². The van der Waals surface area contributed by atoms with Crippen LogP contribution in [0.15, 0.2) is 0 Å². The fraction of sp³-hybridized carbons (Fsp3) is 1.00. The second kappa shape index (κ2) is 6.32. The van der Waals surface area contributed by atoms with Crippen LogP contribution in [0.3, 0.4) is 0 Å². The van der Waals surface area contributed by atoms with Gasteiger partial charge in [0.05, 0.1) is 5.75 Å². The van der Waals surface area contributed by atoms with Crippen molar-refractivity contribution in [2.45, 2.75) is 20.8 Å². The summed E-state index contributed by atoms with van der Waals surface area (Å²) in [5, 5.41) is 3.26. The molecule has 0 bridgehead atoms. The Morgan fingerprint density at radius 3 is 2.28 bits per heavy atom. The van der Waals surface area contributed by atoms with Crippen LogP contribution in [-0.2, 0) is 10.0 Å². The van der Waals surface area contributed by atoms with E-state index in [1.165, 1.54) is 4.31 Å². The molecule has 1 N–H and O–H groups in total. The van der Waals surface area contributed by atoms with Crippen molar-refractivity contribution in [3.05, 3.63) is 0 Å². The molecular weight excluding hydrogens is 250 g/mol. The van der Waals surface area contributed by atoms with E-state index in [0.717, 1.165) is 26.2 Å². The van der Waals surface area contributed by atoms with Crippen LogP contribution < -0.4 is 5.32 Å². The SMILES string of the molecule is CN(CC(C)(C)C)S(=O)(=O)CCN1CCNCC1. The third-order valence-corrected chi connectivity index (χ3v) is 4.82. The highest BCUT2D eigenvalue weighted by Crippen LogP contribution is 2.16. The van der Waals surface area contributed by atoms with Gasteiger partial charge in [-0.05, 0) is 5.41 Å².